The van der Waals surface area contributed by atoms with E-state index in [1.54, 1.807) is 0 Å². The molecule has 0 aliphatic rings. The normalized spacial score (nSPS) is 11.8. The Morgan fingerprint density at radius 1 is 0.312 bits per heavy atom. The minimum Gasteiger partial charge on any atom is -0.309 e. The lowest BCUT2D eigenvalue weighted by Crippen LogP contribution is -1.98. The topological polar surface area (TPSA) is 35.6 Å². The van der Waals surface area contributed by atoms with Crippen LogP contribution in [0.5, 0.6) is 0 Å². The average Bonchev–Trinajstić information content (AvgIpc) is 3.66. The SMILES string of the molecule is c1ccc(-c2nc3ccccc3nc2-c2cccc(-n3c4ccccc4c4cc5c6ccccc6n(-c6ccccc6)c5cc43)c2)cc1. The van der Waals surface area contributed by atoms with Gasteiger partial charge in [-0.25, -0.2) is 9.97 Å². The summed E-state index contributed by atoms with van der Waals surface area (Å²) in [7, 11) is 0. The molecule has 4 nitrogen and oxygen atoms in total. The molecule has 3 aromatic heterocycles. The van der Waals surface area contributed by atoms with Gasteiger partial charge in [-0.3, -0.25) is 0 Å². The van der Waals surface area contributed by atoms with Crippen molar-refractivity contribution in [2.24, 2.45) is 0 Å². The molecule has 0 amide bonds. The van der Waals surface area contributed by atoms with Gasteiger partial charge in [0.1, 0.15) is 0 Å². The highest BCUT2D eigenvalue weighted by molar-refractivity contribution is 6.19. The number of aromatic nitrogens is 4. The summed E-state index contributed by atoms with van der Waals surface area (Å²) < 4.78 is 4.79. The van der Waals surface area contributed by atoms with Crippen LogP contribution in [-0.2, 0) is 0 Å². The zero-order valence-corrected chi connectivity index (χ0v) is 26.0. The zero-order chi connectivity index (χ0) is 31.6. The summed E-state index contributed by atoms with van der Waals surface area (Å²) in [6.45, 7) is 0. The molecule has 10 rings (SSSR count). The maximum atomic E-state index is 5.20. The number of hydrogen-bond acceptors (Lipinski definition) is 2. The van der Waals surface area contributed by atoms with Gasteiger partial charge in [-0.2, -0.15) is 0 Å². The monoisotopic (exact) mass is 612 g/mol. The first kappa shape index (κ1) is 26.7. The van der Waals surface area contributed by atoms with E-state index < -0.39 is 0 Å². The molecule has 48 heavy (non-hydrogen) atoms. The lowest BCUT2D eigenvalue weighted by molar-refractivity contribution is 1.16. The van der Waals surface area contributed by atoms with E-state index in [-0.39, 0.29) is 0 Å². The van der Waals surface area contributed by atoms with Crippen molar-refractivity contribution in [3.63, 3.8) is 0 Å². The van der Waals surface area contributed by atoms with Crippen molar-refractivity contribution in [1.29, 1.82) is 0 Å². The largest absolute Gasteiger partial charge is 0.309 e. The summed E-state index contributed by atoms with van der Waals surface area (Å²) in [4.78, 5) is 10.3. The molecule has 0 saturated carbocycles. The van der Waals surface area contributed by atoms with Crippen LogP contribution in [0.3, 0.4) is 0 Å². The van der Waals surface area contributed by atoms with Crippen molar-refractivity contribution in [2.45, 2.75) is 0 Å². The minimum atomic E-state index is 0.870. The molecule has 0 atom stereocenters. The third-order valence-corrected chi connectivity index (χ3v) is 9.48. The number of fused-ring (bicyclic) bond motifs is 7. The second kappa shape index (κ2) is 10.5. The van der Waals surface area contributed by atoms with Gasteiger partial charge in [-0.1, -0.05) is 109 Å². The smallest absolute Gasteiger partial charge is 0.0973 e. The number of rotatable bonds is 4. The van der Waals surface area contributed by atoms with Crippen molar-refractivity contribution in [3.8, 4) is 33.9 Å². The Balaban J connectivity index is 1.26. The molecule has 4 heteroatoms. The van der Waals surface area contributed by atoms with Gasteiger partial charge in [0.25, 0.3) is 0 Å². The van der Waals surface area contributed by atoms with Gasteiger partial charge >= 0.3 is 0 Å². The first-order valence-corrected chi connectivity index (χ1v) is 16.3. The van der Waals surface area contributed by atoms with E-state index in [2.05, 4.69) is 149 Å². The highest BCUT2D eigenvalue weighted by Gasteiger charge is 2.19. The average molecular weight is 613 g/mol. The van der Waals surface area contributed by atoms with Crippen LogP contribution < -0.4 is 0 Å². The molecule has 0 aliphatic heterocycles. The fourth-order valence-corrected chi connectivity index (χ4v) is 7.36. The van der Waals surface area contributed by atoms with Gasteiger partial charge in [0, 0.05) is 44.0 Å². The molecule has 0 aliphatic carbocycles. The van der Waals surface area contributed by atoms with Gasteiger partial charge in [-0.15, -0.1) is 0 Å². The zero-order valence-electron chi connectivity index (χ0n) is 26.0. The van der Waals surface area contributed by atoms with Crippen LogP contribution >= 0.6 is 0 Å². The van der Waals surface area contributed by atoms with Crippen molar-refractivity contribution in [3.05, 3.63) is 170 Å². The first-order valence-electron chi connectivity index (χ1n) is 16.3. The van der Waals surface area contributed by atoms with Gasteiger partial charge < -0.3 is 9.13 Å². The maximum absolute atomic E-state index is 5.20. The second-order valence-electron chi connectivity index (χ2n) is 12.3. The minimum absolute atomic E-state index is 0.870. The molecule has 224 valence electrons. The van der Waals surface area contributed by atoms with E-state index in [1.807, 2.05) is 30.3 Å². The molecule has 10 aromatic rings. The van der Waals surface area contributed by atoms with E-state index in [0.717, 1.165) is 50.4 Å². The fourth-order valence-electron chi connectivity index (χ4n) is 7.36. The van der Waals surface area contributed by atoms with Gasteiger partial charge in [0.2, 0.25) is 0 Å². The molecule has 0 spiro atoms. The van der Waals surface area contributed by atoms with Gasteiger partial charge in [0.15, 0.2) is 0 Å². The van der Waals surface area contributed by atoms with Crippen LogP contribution in [0, 0.1) is 0 Å². The predicted molar refractivity (Wildman–Crippen MR) is 199 cm³/mol. The summed E-state index contributed by atoms with van der Waals surface area (Å²) in [6, 6.07) is 60.1. The first-order chi connectivity index (χ1) is 23.8. The molecule has 0 unspecified atom stereocenters. The Hall–Kier alpha value is -6.52. The molecule has 3 heterocycles. The van der Waals surface area contributed by atoms with E-state index in [9.17, 15) is 0 Å². The van der Waals surface area contributed by atoms with Crippen LogP contribution in [0.2, 0.25) is 0 Å². The van der Waals surface area contributed by atoms with Crippen molar-refractivity contribution in [1.82, 2.24) is 19.1 Å². The Bertz CT molecular complexity index is 2830. The molecule has 0 saturated heterocycles. The summed E-state index contributed by atoms with van der Waals surface area (Å²) in [6.07, 6.45) is 0. The van der Waals surface area contributed by atoms with Gasteiger partial charge in [0.05, 0.1) is 44.5 Å². The van der Waals surface area contributed by atoms with E-state index >= 15 is 0 Å². The third kappa shape index (κ3) is 4.03. The van der Waals surface area contributed by atoms with Crippen molar-refractivity contribution in [2.75, 3.05) is 0 Å². The second-order valence-corrected chi connectivity index (χ2v) is 12.3. The number of nitrogens with zero attached hydrogens (tertiary/aromatic N) is 4. The molecular formula is C44H28N4. The van der Waals surface area contributed by atoms with Gasteiger partial charge in [-0.05, 0) is 60.7 Å². The third-order valence-electron chi connectivity index (χ3n) is 9.48. The number of hydrogen-bond donors (Lipinski definition) is 0. The fraction of sp³-hybridized carbons (Fsp3) is 0. The van der Waals surface area contributed by atoms with Crippen LogP contribution in [0.4, 0.5) is 0 Å². The quantitative estimate of drug-likeness (QED) is 0.198. The van der Waals surface area contributed by atoms with Crippen LogP contribution in [0.25, 0.3) is 88.5 Å². The lowest BCUT2D eigenvalue weighted by Gasteiger charge is -2.13. The van der Waals surface area contributed by atoms with E-state index in [4.69, 9.17) is 9.97 Å². The van der Waals surface area contributed by atoms with Crippen LogP contribution in [0.1, 0.15) is 0 Å². The molecule has 0 fully saturated rings. The summed E-state index contributed by atoms with van der Waals surface area (Å²) in [5.41, 5.74) is 12.5. The Kier molecular flexibility index (Phi) is 5.84. The molecular weight excluding hydrogens is 585 g/mol. The van der Waals surface area contributed by atoms with Crippen molar-refractivity contribution >= 4 is 54.6 Å². The Morgan fingerprint density at radius 3 is 1.44 bits per heavy atom. The highest BCUT2D eigenvalue weighted by atomic mass is 15.0. The summed E-state index contributed by atoms with van der Waals surface area (Å²) in [5, 5.41) is 4.96. The number of para-hydroxylation sites is 5. The Labute approximate surface area is 276 Å². The number of benzene rings is 7. The molecule has 7 aromatic carbocycles. The lowest BCUT2D eigenvalue weighted by atomic mass is 10.0. The molecule has 0 radical (unpaired) electrons. The summed E-state index contributed by atoms with van der Waals surface area (Å²) in [5.74, 6) is 0. The highest BCUT2D eigenvalue weighted by Crippen LogP contribution is 2.40. The van der Waals surface area contributed by atoms with Crippen LogP contribution in [0.15, 0.2) is 170 Å². The Morgan fingerprint density at radius 2 is 0.792 bits per heavy atom. The summed E-state index contributed by atoms with van der Waals surface area (Å²) >= 11 is 0. The van der Waals surface area contributed by atoms with Crippen molar-refractivity contribution < 1.29 is 0 Å². The molecule has 0 N–H and O–H groups in total. The standard InChI is InChI=1S/C44H28N4/c1-3-14-29(15-4-1)43-44(46-38-23-10-9-22-37(38)45-43)30-16-13-19-32(26-30)48-40-25-12-8-21-34(40)36-27-35-33-20-7-11-24-39(33)47(41(35)28-42(36)48)31-17-5-2-6-18-31/h1-28H. The molecule has 0 bridgehead atoms. The van der Waals surface area contributed by atoms with E-state index in [1.165, 1.54) is 38.1 Å². The van der Waals surface area contributed by atoms with Crippen LogP contribution in [-0.4, -0.2) is 19.1 Å². The van der Waals surface area contributed by atoms with E-state index in [0.29, 0.717) is 0 Å². The predicted octanol–water partition coefficient (Wildman–Crippen LogP) is 11.2. The maximum Gasteiger partial charge on any atom is 0.0973 e.